The third-order valence-corrected chi connectivity index (χ3v) is 6.02. The van der Waals surface area contributed by atoms with E-state index in [4.69, 9.17) is 26.8 Å². The number of amides is 1. The minimum absolute atomic E-state index is 0.00478. The van der Waals surface area contributed by atoms with Crippen LogP contribution in [0.15, 0.2) is 42.6 Å². The van der Waals surface area contributed by atoms with Gasteiger partial charge in [-0.1, -0.05) is 13.8 Å². The number of aromatic hydroxyl groups is 1. The summed E-state index contributed by atoms with van der Waals surface area (Å²) in [6, 6.07) is 9.47. The molecule has 0 atom stereocenters. The molecule has 1 fully saturated rings. The molecule has 1 aliphatic rings. The van der Waals surface area contributed by atoms with Gasteiger partial charge in [0.05, 0.1) is 17.5 Å². The van der Waals surface area contributed by atoms with E-state index >= 15 is 0 Å². The average Bonchev–Trinajstić information content (AvgIpc) is 3.14. The van der Waals surface area contributed by atoms with Crippen molar-refractivity contribution in [1.29, 1.82) is 0 Å². The number of hydrogen-bond donors (Lipinski definition) is 3. The Morgan fingerprint density at radius 3 is 2.31 bits per heavy atom. The predicted molar refractivity (Wildman–Crippen MR) is 129 cm³/mol. The number of rotatable bonds is 6. The molecule has 2 aromatic heterocycles. The quantitative estimate of drug-likeness (QED) is 0.424. The number of carbonyl (C=O) groups is 2. The molecule has 3 aromatic rings. The van der Waals surface area contributed by atoms with Crippen LogP contribution in [0, 0.1) is 4.77 Å². The van der Waals surface area contributed by atoms with Gasteiger partial charge in [-0.25, -0.2) is 19.1 Å². The smallest absolute Gasteiger partial charge is 0.415 e. The summed E-state index contributed by atoms with van der Waals surface area (Å²) in [5.74, 6) is 0.359. The van der Waals surface area contributed by atoms with Gasteiger partial charge in [0.1, 0.15) is 17.7 Å². The number of H-pyrrole nitrogens is 1. The number of nitrogens with zero attached hydrogens (tertiary/aromatic N) is 3. The SMILES string of the molecule is CC(C)c1[nH]c(=S)n(-c2ccc(OC(=O)N3CCC(Oc4ccc(C(=O)O)cc4)CC3)cn2)c1O. The molecule has 3 heterocycles. The van der Waals surface area contributed by atoms with E-state index in [0.29, 0.717) is 48.0 Å². The number of likely N-dealkylation sites (tertiary alicyclic amines) is 1. The van der Waals surface area contributed by atoms with Crippen LogP contribution in [-0.4, -0.2) is 60.9 Å². The lowest BCUT2D eigenvalue weighted by atomic mass is 10.1. The van der Waals surface area contributed by atoms with E-state index in [1.54, 1.807) is 29.2 Å². The zero-order valence-corrected chi connectivity index (χ0v) is 20.1. The number of aromatic amines is 1. The number of carboxylic acids is 1. The van der Waals surface area contributed by atoms with Crippen molar-refractivity contribution in [2.75, 3.05) is 13.1 Å². The third kappa shape index (κ3) is 5.46. The topological polar surface area (TPSA) is 130 Å². The number of piperidine rings is 1. The molecule has 1 aliphatic heterocycles. The number of carbonyl (C=O) groups excluding carboxylic acids is 1. The highest BCUT2D eigenvalue weighted by Gasteiger charge is 2.25. The van der Waals surface area contributed by atoms with Crippen LogP contribution in [0.3, 0.4) is 0 Å². The van der Waals surface area contributed by atoms with Gasteiger partial charge in [-0.3, -0.25) is 0 Å². The molecule has 11 heteroatoms. The van der Waals surface area contributed by atoms with Crippen molar-refractivity contribution in [3.8, 4) is 23.2 Å². The summed E-state index contributed by atoms with van der Waals surface area (Å²) >= 11 is 5.30. The van der Waals surface area contributed by atoms with Crippen LogP contribution in [0.1, 0.15) is 48.7 Å². The molecule has 184 valence electrons. The molecule has 0 radical (unpaired) electrons. The Balaban J connectivity index is 1.31. The van der Waals surface area contributed by atoms with Crippen molar-refractivity contribution in [1.82, 2.24) is 19.4 Å². The maximum atomic E-state index is 12.6. The first-order valence-corrected chi connectivity index (χ1v) is 11.6. The number of hydrogen-bond acceptors (Lipinski definition) is 7. The summed E-state index contributed by atoms with van der Waals surface area (Å²) < 4.78 is 13.1. The number of pyridine rings is 1. The predicted octanol–water partition coefficient (Wildman–Crippen LogP) is 4.50. The van der Waals surface area contributed by atoms with Gasteiger partial charge in [-0.15, -0.1) is 0 Å². The maximum Gasteiger partial charge on any atom is 0.415 e. The van der Waals surface area contributed by atoms with E-state index < -0.39 is 12.1 Å². The second kappa shape index (κ2) is 10.2. The van der Waals surface area contributed by atoms with Crippen molar-refractivity contribution in [3.63, 3.8) is 0 Å². The van der Waals surface area contributed by atoms with Gasteiger partial charge in [0.15, 0.2) is 10.5 Å². The highest BCUT2D eigenvalue weighted by molar-refractivity contribution is 7.71. The molecule has 3 N–H and O–H groups in total. The summed E-state index contributed by atoms with van der Waals surface area (Å²) in [6.07, 6.45) is 2.09. The van der Waals surface area contributed by atoms with Crippen LogP contribution in [0.5, 0.6) is 17.4 Å². The van der Waals surface area contributed by atoms with Crippen molar-refractivity contribution in [2.24, 2.45) is 0 Å². The van der Waals surface area contributed by atoms with E-state index in [9.17, 15) is 14.7 Å². The number of nitrogens with one attached hydrogen (secondary N) is 1. The van der Waals surface area contributed by atoms with Gasteiger partial charge in [-0.2, -0.15) is 0 Å². The van der Waals surface area contributed by atoms with Gasteiger partial charge < -0.3 is 29.6 Å². The van der Waals surface area contributed by atoms with Crippen LogP contribution < -0.4 is 9.47 Å². The summed E-state index contributed by atoms with van der Waals surface area (Å²) in [6.45, 7) is 4.81. The first kappa shape index (κ1) is 24.3. The second-order valence-electron chi connectivity index (χ2n) is 8.51. The van der Waals surface area contributed by atoms with Crippen LogP contribution in [0.4, 0.5) is 4.79 Å². The van der Waals surface area contributed by atoms with Crippen molar-refractivity contribution in [2.45, 2.75) is 38.7 Å². The zero-order valence-electron chi connectivity index (χ0n) is 19.3. The van der Waals surface area contributed by atoms with Crippen molar-refractivity contribution < 1.29 is 29.3 Å². The van der Waals surface area contributed by atoms with Gasteiger partial charge in [-0.05, 0) is 54.5 Å². The van der Waals surface area contributed by atoms with Crippen molar-refractivity contribution in [3.05, 3.63) is 58.6 Å². The maximum absolute atomic E-state index is 12.6. The Morgan fingerprint density at radius 2 is 1.77 bits per heavy atom. The van der Waals surface area contributed by atoms with Gasteiger partial charge >= 0.3 is 12.1 Å². The van der Waals surface area contributed by atoms with Crippen LogP contribution in [-0.2, 0) is 0 Å². The fourth-order valence-electron chi connectivity index (χ4n) is 3.81. The Hall–Kier alpha value is -3.86. The largest absolute Gasteiger partial charge is 0.493 e. The fraction of sp³-hybridized carbons (Fsp3) is 0.333. The molecule has 1 saturated heterocycles. The molecule has 35 heavy (non-hydrogen) atoms. The Morgan fingerprint density at radius 1 is 1.11 bits per heavy atom. The Bertz CT molecular complexity index is 1260. The number of aromatic nitrogens is 3. The lowest BCUT2D eigenvalue weighted by Gasteiger charge is -2.31. The Labute approximate surface area is 206 Å². The molecular weight excluding hydrogens is 472 g/mol. The summed E-state index contributed by atoms with van der Waals surface area (Å²) in [5.41, 5.74) is 0.822. The minimum Gasteiger partial charge on any atom is -0.493 e. The number of aromatic carboxylic acids is 1. The number of imidazole rings is 1. The highest BCUT2D eigenvalue weighted by atomic mass is 32.1. The first-order valence-electron chi connectivity index (χ1n) is 11.2. The van der Waals surface area contributed by atoms with E-state index in [1.165, 1.54) is 22.9 Å². The van der Waals surface area contributed by atoms with Crippen LogP contribution in [0.25, 0.3) is 5.82 Å². The van der Waals surface area contributed by atoms with E-state index in [-0.39, 0.29) is 29.2 Å². The normalized spacial score (nSPS) is 14.2. The monoisotopic (exact) mass is 498 g/mol. The standard InChI is InChI=1S/C24H26N4O6S/c1-14(2)20-21(29)28(23(35)26-20)19-8-7-18(13-25-19)34-24(32)27-11-9-17(10-12-27)33-16-5-3-15(4-6-16)22(30)31/h3-8,13-14,17,29H,9-12H2,1-2H3,(H,26,35)(H,30,31). The minimum atomic E-state index is -0.986. The van der Waals surface area contributed by atoms with Gasteiger partial charge in [0.25, 0.3) is 0 Å². The molecule has 1 amide bonds. The van der Waals surface area contributed by atoms with E-state index in [2.05, 4.69) is 9.97 Å². The fourth-order valence-corrected chi connectivity index (χ4v) is 4.10. The summed E-state index contributed by atoms with van der Waals surface area (Å²) in [5, 5.41) is 19.4. The second-order valence-corrected chi connectivity index (χ2v) is 8.90. The molecule has 4 rings (SSSR count). The molecule has 1 aromatic carbocycles. The third-order valence-electron chi connectivity index (χ3n) is 5.73. The molecule has 0 saturated carbocycles. The zero-order chi connectivity index (χ0) is 25.1. The van der Waals surface area contributed by atoms with Crippen molar-refractivity contribution >= 4 is 24.3 Å². The number of carboxylic acid groups (broad SMARTS) is 1. The molecule has 0 aliphatic carbocycles. The number of ether oxygens (including phenoxy) is 2. The van der Waals surface area contributed by atoms with Gasteiger partial charge in [0.2, 0.25) is 5.88 Å². The van der Waals surface area contributed by atoms with E-state index in [0.717, 1.165) is 0 Å². The molecular formula is C24H26N4O6S. The lowest BCUT2D eigenvalue weighted by molar-refractivity contribution is 0.0696. The van der Waals surface area contributed by atoms with Gasteiger partial charge in [0, 0.05) is 25.9 Å². The molecule has 10 nitrogen and oxygen atoms in total. The summed E-state index contributed by atoms with van der Waals surface area (Å²) in [4.78, 5) is 32.4. The van der Waals surface area contributed by atoms with Crippen LogP contribution in [0.2, 0.25) is 0 Å². The first-order chi connectivity index (χ1) is 16.7. The number of benzene rings is 1. The van der Waals surface area contributed by atoms with Crippen LogP contribution >= 0.6 is 12.2 Å². The average molecular weight is 499 g/mol. The lowest BCUT2D eigenvalue weighted by Crippen LogP contribution is -2.43. The molecule has 0 spiro atoms. The van der Waals surface area contributed by atoms with E-state index in [1.807, 2.05) is 13.8 Å². The Kier molecular flexibility index (Phi) is 7.06. The molecule has 0 bridgehead atoms. The summed E-state index contributed by atoms with van der Waals surface area (Å²) in [7, 11) is 0. The molecule has 0 unspecified atom stereocenters. The highest BCUT2D eigenvalue weighted by Crippen LogP contribution is 2.28.